The minimum atomic E-state index is -0.519. The molecule has 3 aliphatic rings. The molecule has 4 atom stereocenters. The molecule has 1 aromatic carbocycles. The molecule has 4 rings (SSSR count). The van der Waals surface area contributed by atoms with E-state index < -0.39 is 11.6 Å². The molecule has 1 heterocycles. The smallest absolute Gasteiger partial charge is 0.233 e. The second-order valence-corrected chi connectivity index (χ2v) is 7.69. The predicted octanol–water partition coefficient (Wildman–Crippen LogP) is 2.45. The number of allylic oxidation sites excluding steroid dienone is 2. The van der Waals surface area contributed by atoms with Crippen LogP contribution in [0.1, 0.15) is 18.9 Å². The maximum absolute atomic E-state index is 13.8. The zero-order valence-electron chi connectivity index (χ0n) is 16.6. The van der Waals surface area contributed by atoms with Crippen LogP contribution in [0.15, 0.2) is 35.3 Å². The summed E-state index contributed by atoms with van der Waals surface area (Å²) in [5.74, 6) is -0.796. The van der Waals surface area contributed by atoms with Gasteiger partial charge in [0, 0.05) is 25.2 Å². The van der Waals surface area contributed by atoms with Crippen molar-refractivity contribution < 1.29 is 18.4 Å². The van der Waals surface area contributed by atoms with Crippen LogP contribution in [0.2, 0.25) is 0 Å². The first-order chi connectivity index (χ1) is 14.0. The van der Waals surface area contributed by atoms with Crippen LogP contribution in [0, 0.1) is 35.3 Å². The zero-order valence-corrected chi connectivity index (χ0v) is 18.9. The van der Waals surface area contributed by atoms with E-state index in [9.17, 15) is 18.4 Å². The molecule has 0 radical (unpaired) electrons. The van der Waals surface area contributed by atoms with Crippen molar-refractivity contribution in [2.24, 2.45) is 28.7 Å². The largest absolute Gasteiger partial charge is 0.357 e. The fraction of sp³-hybridized carbons (Fsp3) is 0.476. The van der Waals surface area contributed by atoms with Crippen LogP contribution >= 0.6 is 24.0 Å². The summed E-state index contributed by atoms with van der Waals surface area (Å²) in [6.07, 6.45) is 5.05. The van der Waals surface area contributed by atoms with E-state index in [1.54, 1.807) is 0 Å². The molecule has 162 valence electrons. The summed E-state index contributed by atoms with van der Waals surface area (Å²) in [7, 11) is 0. The van der Waals surface area contributed by atoms with Crippen molar-refractivity contribution in [3.05, 3.63) is 47.5 Å². The summed E-state index contributed by atoms with van der Waals surface area (Å²) >= 11 is 0. The molecule has 6 nitrogen and oxygen atoms in total. The second kappa shape index (κ2) is 9.40. The van der Waals surface area contributed by atoms with Gasteiger partial charge in [0.25, 0.3) is 0 Å². The molecule has 2 bridgehead atoms. The van der Waals surface area contributed by atoms with E-state index in [1.807, 2.05) is 6.92 Å². The van der Waals surface area contributed by atoms with Crippen LogP contribution in [0.5, 0.6) is 0 Å². The topological polar surface area (TPSA) is 73.8 Å². The summed E-state index contributed by atoms with van der Waals surface area (Å²) in [4.78, 5) is 31.0. The number of imide groups is 1. The first-order valence-electron chi connectivity index (χ1n) is 9.99. The summed E-state index contributed by atoms with van der Waals surface area (Å²) in [6.45, 7) is 3.02. The SMILES string of the molecule is CCNC(=NCc1cc(F)ccc1F)NCCN1C(=O)C2C3C=CC(C3)C2C1=O.I. The standard InChI is InChI=1S/C21H24F2N4O2.HI/c1-2-24-21(26-11-14-10-15(22)5-6-16(14)23)25-7-8-27-19(28)17-12-3-4-13(9-12)18(17)20(27)29;/h3-6,10,12-13,17-18H,2,7-9,11H2,1H3,(H2,24,25,26);1H. The lowest BCUT2D eigenvalue weighted by molar-refractivity contribution is -0.140. The number of aliphatic imine (C=N–C) groups is 1. The lowest BCUT2D eigenvalue weighted by atomic mass is 9.85. The van der Waals surface area contributed by atoms with Crippen LogP contribution in [-0.2, 0) is 16.1 Å². The molecule has 1 aromatic rings. The van der Waals surface area contributed by atoms with Gasteiger partial charge in [0.1, 0.15) is 11.6 Å². The lowest BCUT2D eigenvalue weighted by Gasteiger charge is -2.18. The molecule has 1 saturated carbocycles. The fourth-order valence-corrected chi connectivity index (χ4v) is 4.64. The van der Waals surface area contributed by atoms with Crippen LogP contribution < -0.4 is 10.6 Å². The van der Waals surface area contributed by atoms with Crippen molar-refractivity contribution in [2.75, 3.05) is 19.6 Å². The number of carbonyl (C=O) groups is 2. The first-order valence-corrected chi connectivity index (χ1v) is 9.99. The van der Waals surface area contributed by atoms with Gasteiger partial charge in [0.2, 0.25) is 11.8 Å². The molecule has 2 N–H and O–H groups in total. The number of amides is 2. The molecular weight excluding hydrogens is 505 g/mol. The van der Waals surface area contributed by atoms with E-state index in [-0.39, 0.29) is 78.1 Å². The minimum absolute atomic E-state index is 0. The number of halogens is 3. The number of hydrogen-bond acceptors (Lipinski definition) is 3. The summed E-state index contributed by atoms with van der Waals surface area (Å²) in [5.41, 5.74) is 0.155. The minimum Gasteiger partial charge on any atom is -0.357 e. The Bertz CT molecular complexity index is 862. The van der Waals surface area contributed by atoms with E-state index in [0.717, 1.165) is 24.6 Å². The molecule has 2 aliphatic carbocycles. The van der Waals surface area contributed by atoms with Crippen molar-refractivity contribution in [2.45, 2.75) is 19.9 Å². The van der Waals surface area contributed by atoms with Crippen molar-refractivity contribution >= 4 is 41.8 Å². The summed E-state index contributed by atoms with van der Waals surface area (Å²) < 4.78 is 27.1. The third-order valence-electron chi connectivity index (χ3n) is 5.95. The van der Waals surface area contributed by atoms with Crippen molar-refractivity contribution in [3.8, 4) is 0 Å². The van der Waals surface area contributed by atoms with Gasteiger partial charge in [0.15, 0.2) is 5.96 Å². The number of nitrogens with zero attached hydrogens (tertiary/aromatic N) is 2. The van der Waals surface area contributed by atoms with E-state index in [1.165, 1.54) is 4.90 Å². The number of guanidine groups is 1. The normalized spacial score (nSPS) is 26.8. The van der Waals surface area contributed by atoms with Gasteiger partial charge in [-0.05, 0) is 43.4 Å². The molecule has 2 amide bonds. The quantitative estimate of drug-likeness (QED) is 0.195. The average molecular weight is 530 g/mol. The number of carbonyl (C=O) groups excluding carboxylic acids is 2. The Hall–Kier alpha value is -2.04. The highest BCUT2D eigenvalue weighted by molar-refractivity contribution is 14.0. The van der Waals surface area contributed by atoms with Gasteiger partial charge in [-0.2, -0.15) is 0 Å². The highest BCUT2D eigenvalue weighted by atomic mass is 127. The summed E-state index contributed by atoms with van der Waals surface area (Å²) in [6, 6.07) is 3.25. The Labute approximate surface area is 191 Å². The third kappa shape index (κ3) is 4.21. The molecule has 1 saturated heterocycles. The van der Waals surface area contributed by atoms with Gasteiger partial charge in [-0.15, -0.1) is 24.0 Å². The highest BCUT2D eigenvalue weighted by Gasteiger charge is 2.58. The van der Waals surface area contributed by atoms with Gasteiger partial charge < -0.3 is 10.6 Å². The fourth-order valence-electron chi connectivity index (χ4n) is 4.64. The first kappa shape index (κ1) is 22.6. The maximum Gasteiger partial charge on any atom is 0.233 e. The number of rotatable bonds is 6. The maximum atomic E-state index is 13.8. The van der Waals surface area contributed by atoms with Gasteiger partial charge >= 0.3 is 0 Å². The molecule has 30 heavy (non-hydrogen) atoms. The van der Waals surface area contributed by atoms with Crippen molar-refractivity contribution in [3.63, 3.8) is 0 Å². The Morgan fingerprint density at radius 2 is 1.80 bits per heavy atom. The zero-order chi connectivity index (χ0) is 20.5. The molecule has 9 heteroatoms. The number of fused-ring (bicyclic) bond motifs is 5. The van der Waals surface area contributed by atoms with Crippen molar-refractivity contribution in [1.29, 1.82) is 0 Å². The summed E-state index contributed by atoms with van der Waals surface area (Å²) in [5, 5.41) is 6.08. The second-order valence-electron chi connectivity index (χ2n) is 7.69. The van der Waals surface area contributed by atoms with Gasteiger partial charge in [0.05, 0.1) is 18.4 Å². The van der Waals surface area contributed by atoms with Crippen LogP contribution in [0.3, 0.4) is 0 Å². The highest BCUT2D eigenvalue weighted by Crippen LogP contribution is 2.52. The molecule has 0 spiro atoms. The Morgan fingerprint density at radius 3 is 2.43 bits per heavy atom. The Morgan fingerprint density at radius 1 is 1.13 bits per heavy atom. The van der Waals surface area contributed by atoms with Crippen LogP contribution in [-0.4, -0.2) is 42.3 Å². The number of benzene rings is 1. The molecular formula is C21H25F2IN4O2. The molecule has 4 unspecified atom stereocenters. The van der Waals surface area contributed by atoms with E-state index in [2.05, 4.69) is 27.8 Å². The van der Waals surface area contributed by atoms with Gasteiger partial charge in [-0.25, -0.2) is 13.8 Å². The Balaban J connectivity index is 0.00000256. The average Bonchev–Trinajstić information content (AvgIpc) is 3.38. The third-order valence-corrected chi connectivity index (χ3v) is 5.95. The van der Waals surface area contributed by atoms with Crippen LogP contribution in [0.4, 0.5) is 8.78 Å². The Kier molecular flexibility index (Phi) is 7.10. The number of hydrogen-bond donors (Lipinski definition) is 2. The van der Waals surface area contributed by atoms with Crippen LogP contribution in [0.25, 0.3) is 0 Å². The lowest BCUT2D eigenvalue weighted by Crippen LogP contribution is -2.43. The number of nitrogens with one attached hydrogen (secondary N) is 2. The number of likely N-dealkylation sites (tertiary alicyclic amines) is 1. The van der Waals surface area contributed by atoms with E-state index in [4.69, 9.17) is 0 Å². The monoisotopic (exact) mass is 530 g/mol. The predicted molar refractivity (Wildman–Crippen MR) is 119 cm³/mol. The molecule has 0 aromatic heterocycles. The van der Waals surface area contributed by atoms with Gasteiger partial charge in [-0.3, -0.25) is 14.5 Å². The van der Waals surface area contributed by atoms with Crippen molar-refractivity contribution in [1.82, 2.24) is 15.5 Å². The van der Waals surface area contributed by atoms with E-state index >= 15 is 0 Å². The molecule has 2 fully saturated rings. The van der Waals surface area contributed by atoms with E-state index in [0.29, 0.717) is 19.0 Å². The molecule has 1 aliphatic heterocycles. The van der Waals surface area contributed by atoms with Gasteiger partial charge in [-0.1, -0.05) is 12.2 Å².